The second-order valence-corrected chi connectivity index (χ2v) is 4.20. The molecule has 0 aromatic carbocycles. The summed E-state index contributed by atoms with van der Waals surface area (Å²) in [6.45, 7) is 2.00. The third-order valence-corrected chi connectivity index (χ3v) is 3.00. The SMILES string of the molecule is CC(CS)CCC(CCC(=O)O)C(=O)O. The van der Waals surface area contributed by atoms with E-state index in [9.17, 15) is 9.59 Å². The summed E-state index contributed by atoms with van der Waals surface area (Å²) in [4.78, 5) is 21.1. The topological polar surface area (TPSA) is 74.6 Å². The summed E-state index contributed by atoms with van der Waals surface area (Å²) in [5.41, 5.74) is 0. The smallest absolute Gasteiger partial charge is 0.306 e. The maximum absolute atomic E-state index is 10.8. The number of carbonyl (C=O) groups is 2. The third-order valence-electron chi connectivity index (χ3n) is 2.38. The molecule has 0 saturated heterocycles. The first-order chi connectivity index (χ1) is 6.97. The summed E-state index contributed by atoms with van der Waals surface area (Å²) in [5.74, 6) is -1.28. The van der Waals surface area contributed by atoms with Crippen LogP contribution < -0.4 is 0 Å². The Kier molecular flexibility index (Phi) is 7.21. The minimum absolute atomic E-state index is 0.0772. The summed E-state index contributed by atoms with van der Waals surface area (Å²) < 4.78 is 0. The standard InChI is InChI=1S/C10H18O4S/c1-7(6-15)2-3-8(10(13)14)4-5-9(11)12/h7-8,15H,2-6H2,1H3,(H,11,12)(H,13,14). The Balaban J connectivity index is 3.94. The predicted octanol–water partition coefficient (Wildman–Crippen LogP) is 1.90. The number of thiol groups is 1. The lowest BCUT2D eigenvalue weighted by Gasteiger charge is -2.13. The fourth-order valence-corrected chi connectivity index (χ4v) is 1.45. The van der Waals surface area contributed by atoms with Gasteiger partial charge >= 0.3 is 11.9 Å². The molecule has 0 aliphatic rings. The number of hydrogen-bond donors (Lipinski definition) is 3. The van der Waals surface area contributed by atoms with Crippen molar-refractivity contribution >= 4 is 24.6 Å². The average molecular weight is 234 g/mol. The van der Waals surface area contributed by atoms with Gasteiger partial charge in [-0.1, -0.05) is 6.92 Å². The molecule has 0 aliphatic heterocycles. The van der Waals surface area contributed by atoms with Crippen molar-refractivity contribution in [3.63, 3.8) is 0 Å². The number of hydrogen-bond acceptors (Lipinski definition) is 3. The monoisotopic (exact) mass is 234 g/mol. The lowest BCUT2D eigenvalue weighted by molar-refractivity contribution is -0.143. The van der Waals surface area contributed by atoms with Crippen molar-refractivity contribution in [3.05, 3.63) is 0 Å². The van der Waals surface area contributed by atoms with Crippen LogP contribution in [0.5, 0.6) is 0 Å². The van der Waals surface area contributed by atoms with E-state index in [-0.39, 0.29) is 12.8 Å². The van der Waals surface area contributed by atoms with Crippen LogP contribution in [-0.2, 0) is 9.59 Å². The summed E-state index contributed by atoms with van der Waals surface area (Å²) >= 11 is 4.11. The quantitative estimate of drug-likeness (QED) is 0.561. The zero-order chi connectivity index (χ0) is 11.8. The number of carboxylic acid groups (broad SMARTS) is 2. The fourth-order valence-electron chi connectivity index (χ4n) is 1.27. The lowest BCUT2D eigenvalue weighted by atomic mass is 9.94. The minimum Gasteiger partial charge on any atom is -0.481 e. The molecule has 0 saturated carbocycles. The molecule has 0 aliphatic carbocycles. The maximum atomic E-state index is 10.8. The molecule has 0 heterocycles. The van der Waals surface area contributed by atoms with Crippen LogP contribution >= 0.6 is 12.6 Å². The van der Waals surface area contributed by atoms with Crippen molar-refractivity contribution < 1.29 is 19.8 Å². The van der Waals surface area contributed by atoms with E-state index in [1.54, 1.807) is 0 Å². The largest absolute Gasteiger partial charge is 0.481 e. The summed E-state index contributed by atoms with van der Waals surface area (Å²) in [5, 5.41) is 17.3. The molecule has 2 unspecified atom stereocenters. The van der Waals surface area contributed by atoms with Gasteiger partial charge in [-0.25, -0.2) is 0 Å². The average Bonchev–Trinajstić information content (AvgIpc) is 2.16. The van der Waals surface area contributed by atoms with E-state index in [0.717, 1.165) is 12.2 Å². The van der Waals surface area contributed by atoms with Gasteiger partial charge < -0.3 is 10.2 Å². The molecule has 0 aromatic rings. The van der Waals surface area contributed by atoms with Gasteiger partial charge in [0.1, 0.15) is 0 Å². The van der Waals surface area contributed by atoms with Gasteiger partial charge in [0.15, 0.2) is 0 Å². The van der Waals surface area contributed by atoms with E-state index in [2.05, 4.69) is 12.6 Å². The van der Waals surface area contributed by atoms with Crippen LogP contribution in [0.25, 0.3) is 0 Å². The molecule has 0 bridgehead atoms. The molecule has 0 rings (SSSR count). The maximum Gasteiger partial charge on any atom is 0.306 e. The molecule has 2 N–H and O–H groups in total. The van der Waals surface area contributed by atoms with Crippen LogP contribution in [0.4, 0.5) is 0 Å². The Labute approximate surface area is 95.1 Å². The Morgan fingerprint density at radius 3 is 2.20 bits per heavy atom. The summed E-state index contributed by atoms with van der Waals surface area (Å²) in [6, 6.07) is 0. The highest BCUT2D eigenvalue weighted by Crippen LogP contribution is 2.18. The molecule has 88 valence electrons. The fraction of sp³-hybridized carbons (Fsp3) is 0.800. The summed E-state index contributed by atoms with van der Waals surface area (Å²) in [6.07, 6.45) is 1.45. The van der Waals surface area contributed by atoms with Crippen LogP contribution in [0.15, 0.2) is 0 Å². The predicted molar refractivity (Wildman–Crippen MR) is 60.2 cm³/mol. The molecule has 0 aromatic heterocycles. The van der Waals surface area contributed by atoms with Gasteiger partial charge in [0, 0.05) is 6.42 Å². The number of aliphatic carboxylic acids is 2. The molecule has 0 spiro atoms. The van der Waals surface area contributed by atoms with Crippen molar-refractivity contribution in [3.8, 4) is 0 Å². The molecular weight excluding hydrogens is 216 g/mol. The van der Waals surface area contributed by atoms with Gasteiger partial charge in [0.25, 0.3) is 0 Å². The van der Waals surface area contributed by atoms with Crippen molar-refractivity contribution in [2.45, 2.75) is 32.6 Å². The molecule has 15 heavy (non-hydrogen) atoms. The molecule has 2 atom stereocenters. The number of rotatable bonds is 8. The molecule has 0 amide bonds. The Morgan fingerprint density at radius 2 is 1.80 bits per heavy atom. The van der Waals surface area contributed by atoms with Crippen molar-refractivity contribution in [2.24, 2.45) is 11.8 Å². The molecule has 5 heteroatoms. The molecule has 0 radical (unpaired) electrons. The first kappa shape index (κ1) is 14.3. The van der Waals surface area contributed by atoms with E-state index in [1.165, 1.54) is 0 Å². The van der Waals surface area contributed by atoms with Crippen LogP contribution in [-0.4, -0.2) is 27.9 Å². The Hall–Kier alpha value is -0.710. The van der Waals surface area contributed by atoms with Gasteiger partial charge in [-0.3, -0.25) is 9.59 Å². The van der Waals surface area contributed by atoms with Crippen LogP contribution in [0.1, 0.15) is 32.6 Å². The zero-order valence-electron chi connectivity index (χ0n) is 8.85. The molecule has 4 nitrogen and oxygen atoms in total. The van der Waals surface area contributed by atoms with Crippen LogP contribution in [0.2, 0.25) is 0 Å². The van der Waals surface area contributed by atoms with Gasteiger partial charge in [-0.05, 0) is 30.9 Å². The second kappa shape index (κ2) is 7.56. The van der Waals surface area contributed by atoms with Crippen LogP contribution in [0.3, 0.4) is 0 Å². The molecular formula is C10H18O4S. The van der Waals surface area contributed by atoms with Crippen molar-refractivity contribution in [2.75, 3.05) is 5.75 Å². The van der Waals surface area contributed by atoms with Gasteiger partial charge in [-0.2, -0.15) is 12.6 Å². The number of carboxylic acids is 2. The highest BCUT2D eigenvalue weighted by Gasteiger charge is 2.19. The Bertz CT molecular complexity index is 217. The first-order valence-corrected chi connectivity index (χ1v) is 5.66. The highest BCUT2D eigenvalue weighted by atomic mass is 32.1. The van der Waals surface area contributed by atoms with Crippen molar-refractivity contribution in [1.82, 2.24) is 0 Å². The van der Waals surface area contributed by atoms with Crippen LogP contribution in [0, 0.1) is 11.8 Å². The third kappa shape index (κ3) is 7.25. The first-order valence-electron chi connectivity index (χ1n) is 5.02. The molecule has 0 fully saturated rings. The van der Waals surface area contributed by atoms with E-state index in [0.29, 0.717) is 12.3 Å². The van der Waals surface area contributed by atoms with Crippen molar-refractivity contribution in [1.29, 1.82) is 0 Å². The lowest BCUT2D eigenvalue weighted by Crippen LogP contribution is -2.16. The van der Waals surface area contributed by atoms with E-state index in [1.807, 2.05) is 6.92 Å². The van der Waals surface area contributed by atoms with Gasteiger partial charge in [0.05, 0.1) is 5.92 Å². The zero-order valence-corrected chi connectivity index (χ0v) is 9.74. The van der Waals surface area contributed by atoms with E-state index < -0.39 is 17.9 Å². The summed E-state index contributed by atoms with van der Waals surface area (Å²) in [7, 11) is 0. The van der Waals surface area contributed by atoms with E-state index in [4.69, 9.17) is 10.2 Å². The highest BCUT2D eigenvalue weighted by molar-refractivity contribution is 7.80. The normalized spacial score (nSPS) is 14.5. The second-order valence-electron chi connectivity index (χ2n) is 3.83. The minimum atomic E-state index is -0.941. The Morgan fingerprint density at radius 1 is 1.20 bits per heavy atom. The van der Waals surface area contributed by atoms with Gasteiger partial charge in [-0.15, -0.1) is 0 Å². The van der Waals surface area contributed by atoms with Gasteiger partial charge in [0.2, 0.25) is 0 Å². The van der Waals surface area contributed by atoms with E-state index >= 15 is 0 Å².